The number of rotatable bonds is 2. The van der Waals surface area contributed by atoms with Crippen LogP contribution in [0.15, 0.2) is 6.07 Å². The quantitative estimate of drug-likeness (QED) is 0.820. The molecule has 0 radical (unpaired) electrons. The maximum Gasteiger partial charge on any atom is 0.264 e. The molecule has 1 heterocycles. The van der Waals surface area contributed by atoms with Gasteiger partial charge in [-0.2, -0.15) is 5.26 Å². The van der Waals surface area contributed by atoms with Gasteiger partial charge in [-0.05, 0) is 50.2 Å². The zero-order chi connectivity index (χ0) is 12.8. The Kier molecular flexibility index (Phi) is 2.67. The second-order valence-corrected chi connectivity index (χ2v) is 6.41. The van der Waals surface area contributed by atoms with E-state index in [1.54, 1.807) is 23.3 Å². The van der Waals surface area contributed by atoms with Crippen LogP contribution in [0.1, 0.15) is 45.8 Å². The summed E-state index contributed by atoms with van der Waals surface area (Å²) in [5.41, 5.74) is 0.808. The van der Waals surface area contributed by atoms with Gasteiger partial charge in [0.05, 0.1) is 10.9 Å². The van der Waals surface area contributed by atoms with Crippen LogP contribution in [-0.4, -0.2) is 23.4 Å². The second kappa shape index (κ2) is 4.10. The van der Waals surface area contributed by atoms with Crippen LogP contribution < -0.4 is 0 Å². The van der Waals surface area contributed by atoms with E-state index >= 15 is 0 Å². The van der Waals surface area contributed by atoms with Gasteiger partial charge < -0.3 is 4.90 Å². The van der Waals surface area contributed by atoms with Crippen molar-refractivity contribution in [1.82, 2.24) is 4.90 Å². The summed E-state index contributed by atoms with van der Waals surface area (Å²) in [5, 5.41) is 9.28. The molecule has 1 fully saturated rings. The number of thiophene rings is 1. The molecular weight excluding hydrogens is 244 g/mol. The number of carbonyl (C=O) groups is 1. The lowest BCUT2D eigenvalue weighted by Crippen LogP contribution is -2.53. The van der Waals surface area contributed by atoms with Crippen molar-refractivity contribution in [3.63, 3.8) is 0 Å². The molecule has 0 atom stereocenters. The van der Waals surface area contributed by atoms with Crippen LogP contribution in [0.25, 0.3) is 0 Å². The van der Waals surface area contributed by atoms with Gasteiger partial charge in [0.15, 0.2) is 0 Å². The van der Waals surface area contributed by atoms with E-state index in [1.165, 1.54) is 16.9 Å². The molecule has 0 N–H and O–H groups in total. The molecule has 2 aliphatic carbocycles. The minimum atomic E-state index is -0.536. The van der Waals surface area contributed by atoms with Crippen LogP contribution in [0.3, 0.4) is 0 Å². The van der Waals surface area contributed by atoms with E-state index in [1.807, 2.05) is 6.07 Å². The van der Waals surface area contributed by atoms with Crippen LogP contribution in [0.2, 0.25) is 0 Å². The topological polar surface area (TPSA) is 44.1 Å². The van der Waals surface area contributed by atoms with Crippen LogP contribution >= 0.6 is 11.3 Å². The van der Waals surface area contributed by atoms with E-state index in [0.29, 0.717) is 0 Å². The number of aryl methyl sites for hydroxylation is 2. The molecule has 0 bridgehead atoms. The first kappa shape index (κ1) is 11.7. The number of fused-ring (bicyclic) bond motifs is 1. The van der Waals surface area contributed by atoms with E-state index in [4.69, 9.17) is 0 Å². The molecule has 1 aromatic heterocycles. The Bertz CT molecular complexity index is 515. The molecule has 3 nitrogen and oxygen atoms in total. The van der Waals surface area contributed by atoms with Crippen molar-refractivity contribution in [2.45, 2.75) is 44.1 Å². The van der Waals surface area contributed by atoms with E-state index < -0.39 is 5.54 Å². The highest BCUT2D eigenvalue weighted by Crippen LogP contribution is 2.38. The van der Waals surface area contributed by atoms with Gasteiger partial charge in [0.2, 0.25) is 0 Å². The van der Waals surface area contributed by atoms with Gasteiger partial charge in [-0.3, -0.25) is 4.79 Å². The molecule has 1 saturated carbocycles. The smallest absolute Gasteiger partial charge is 0.264 e. The molecule has 0 unspecified atom stereocenters. The normalized spacial score (nSPS) is 19.8. The Hall–Kier alpha value is -1.34. The van der Waals surface area contributed by atoms with Gasteiger partial charge in [0.1, 0.15) is 5.54 Å². The highest BCUT2D eigenvalue weighted by atomic mass is 32.1. The molecule has 1 aromatic rings. The summed E-state index contributed by atoms with van der Waals surface area (Å²) in [7, 11) is 1.77. The van der Waals surface area contributed by atoms with Crippen molar-refractivity contribution in [3.8, 4) is 6.07 Å². The predicted octanol–water partition coefficient (Wildman–Crippen LogP) is 2.76. The minimum absolute atomic E-state index is 0.0237. The lowest BCUT2D eigenvalue weighted by Gasteiger charge is -2.42. The third kappa shape index (κ3) is 1.58. The Morgan fingerprint density at radius 3 is 2.78 bits per heavy atom. The van der Waals surface area contributed by atoms with Gasteiger partial charge in [0.25, 0.3) is 5.91 Å². The fraction of sp³-hybridized carbons (Fsp3) is 0.571. The van der Waals surface area contributed by atoms with Gasteiger partial charge in [-0.1, -0.05) is 0 Å². The zero-order valence-electron chi connectivity index (χ0n) is 10.5. The number of hydrogen-bond acceptors (Lipinski definition) is 3. The maximum absolute atomic E-state index is 12.4. The Morgan fingerprint density at radius 1 is 1.44 bits per heavy atom. The fourth-order valence-corrected chi connectivity index (χ4v) is 4.06. The molecule has 0 spiro atoms. The Balaban J connectivity index is 1.84. The molecule has 0 aromatic carbocycles. The largest absolute Gasteiger partial charge is 0.322 e. The molecule has 94 valence electrons. The van der Waals surface area contributed by atoms with Gasteiger partial charge in [-0.25, -0.2) is 0 Å². The standard InChI is InChI=1S/C14H16N2OS/c1-16(14(9-15)6-3-7-14)13(17)12-8-10-4-2-5-11(10)18-12/h8H,2-7H2,1H3. The van der Waals surface area contributed by atoms with E-state index in [-0.39, 0.29) is 5.91 Å². The maximum atomic E-state index is 12.4. The summed E-state index contributed by atoms with van der Waals surface area (Å²) < 4.78 is 0. The number of hydrogen-bond donors (Lipinski definition) is 0. The summed E-state index contributed by atoms with van der Waals surface area (Å²) in [6.45, 7) is 0. The highest BCUT2D eigenvalue weighted by molar-refractivity contribution is 7.14. The first-order valence-electron chi connectivity index (χ1n) is 6.47. The van der Waals surface area contributed by atoms with E-state index in [0.717, 1.165) is 37.0 Å². The van der Waals surface area contributed by atoms with Crippen molar-refractivity contribution in [2.75, 3.05) is 7.05 Å². The molecule has 18 heavy (non-hydrogen) atoms. The van der Waals surface area contributed by atoms with Crippen molar-refractivity contribution in [3.05, 3.63) is 21.4 Å². The summed E-state index contributed by atoms with van der Waals surface area (Å²) in [5.74, 6) is 0.0237. The first-order valence-corrected chi connectivity index (χ1v) is 7.29. The molecule has 3 rings (SSSR count). The monoisotopic (exact) mass is 260 g/mol. The summed E-state index contributed by atoms with van der Waals surface area (Å²) in [4.78, 5) is 16.3. The summed E-state index contributed by atoms with van der Waals surface area (Å²) >= 11 is 1.62. The summed E-state index contributed by atoms with van der Waals surface area (Å²) in [6.07, 6.45) is 6.11. The predicted molar refractivity (Wildman–Crippen MR) is 70.6 cm³/mol. The van der Waals surface area contributed by atoms with E-state index in [9.17, 15) is 10.1 Å². The Labute approximate surface area is 111 Å². The molecule has 0 saturated heterocycles. The van der Waals surface area contributed by atoms with Crippen LogP contribution in [0.5, 0.6) is 0 Å². The van der Waals surface area contributed by atoms with Gasteiger partial charge in [-0.15, -0.1) is 11.3 Å². The van der Waals surface area contributed by atoms with Crippen LogP contribution in [0, 0.1) is 11.3 Å². The average Bonchev–Trinajstić information content (AvgIpc) is 2.87. The SMILES string of the molecule is CN(C(=O)c1cc2c(s1)CCC2)C1(C#N)CCC1. The summed E-state index contributed by atoms with van der Waals surface area (Å²) in [6, 6.07) is 4.36. The first-order chi connectivity index (χ1) is 8.66. The number of amides is 1. The van der Waals surface area contributed by atoms with Crippen molar-refractivity contribution >= 4 is 17.2 Å². The molecule has 0 aliphatic heterocycles. The van der Waals surface area contributed by atoms with E-state index in [2.05, 4.69) is 6.07 Å². The third-order valence-corrected chi connectivity index (χ3v) is 5.52. The number of carbonyl (C=O) groups excluding carboxylic acids is 1. The van der Waals surface area contributed by atoms with Crippen LogP contribution in [0.4, 0.5) is 0 Å². The van der Waals surface area contributed by atoms with Gasteiger partial charge >= 0.3 is 0 Å². The molecule has 1 amide bonds. The van der Waals surface area contributed by atoms with Crippen molar-refractivity contribution in [2.24, 2.45) is 0 Å². The number of nitrogens with zero attached hydrogens (tertiary/aromatic N) is 2. The second-order valence-electron chi connectivity index (χ2n) is 5.27. The minimum Gasteiger partial charge on any atom is -0.322 e. The van der Waals surface area contributed by atoms with Gasteiger partial charge in [0, 0.05) is 11.9 Å². The van der Waals surface area contributed by atoms with Crippen LogP contribution in [-0.2, 0) is 12.8 Å². The lowest BCUT2D eigenvalue weighted by molar-refractivity contribution is 0.0502. The highest BCUT2D eigenvalue weighted by Gasteiger charge is 2.44. The molecular formula is C14H16N2OS. The number of nitriles is 1. The van der Waals surface area contributed by atoms with Crippen molar-refractivity contribution in [1.29, 1.82) is 5.26 Å². The Morgan fingerprint density at radius 2 is 2.22 bits per heavy atom. The zero-order valence-corrected chi connectivity index (χ0v) is 11.3. The average molecular weight is 260 g/mol. The third-order valence-electron chi connectivity index (χ3n) is 4.29. The molecule has 2 aliphatic rings. The van der Waals surface area contributed by atoms with Crippen molar-refractivity contribution < 1.29 is 4.79 Å². The fourth-order valence-electron chi connectivity index (χ4n) is 2.83. The molecule has 4 heteroatoms. The lowest BCUT2D eigenvalue weighted by atomic mass is 9.76.